The van der Waals surface area contributed by atoms with Gasteiger partial charge in [0.25, 0.3) is 5.91 Å². The van der Waals surface area contributed by atoms with Crippen LogP contribution in [0.1, 0.15) is 25.2 Å². The molecule has 1 aromatic heterocycles. The number of nitrogens with zero attached hydrogens (tertiary/aromatic N) is 1. The summed E-state index contributed by atoms with van der Waals surface area (Å²) in [5.74, 6) is -0.324. The first-order chi connectivity index (χ1) is 12.1. The van der Waals surface area contributed by atoms with Gasteiger partial charge < -0.3 is 9.15 Å². The third-order valence-corrected chi connectivity index (χ3v) is 4.22. The molecule has 0 unspecified atom stereocenters. The molecule has 0 saturated heterocycles. The molecule has 1 amide bonds. The van der Waals surface area contributed by atoms with Gasteiger partial charge in [0, 0.05) is 11.4 Å². The average Bonchev–Trinajstić information content (AvgIpc) is 3.22. The summed E-state index contributed by atoms with van der Waals surface area (Å²) in [6.45, 7) is 3.81. The van der Waals surface area contributed by atoms with Crippen LogP contribution in [-0.2, 0) is 20.7 Å². The highest BCUT2D eigenvalue weighted by Crippen LogP contribution is 2.35. The van der Waals surface area contributed by atoms with E-state index in [0.29, 0.717) is 17.1 Å². The van der Waals surface area contributed by atoms with Crippen molar-refractivity contribution in [3.05, 3.63) is 70.8 Å². The van der Waals surface area contributed by atoms with Gasteiger partial charge in [-0.15, -0.1) is 0 Å². The van der Waals surface area contributed by atoms with Crippen LogP contribution in [0.3, 0.4) is 0 Å². The van der Waals surface area contributed by atoms with Crippen LogP contribution in [0.4, 0.5) is 5.69 Å². The molecule has 0 spiro atoms. The number of ether oxygens (including phenoxy) is 1. The summed E-state index contributed by atoms with van der Waals surface area (Å²) in [4.78, 5) is 26.8. The van der Waals surface area contributed by atoms with Gasteiger partial charge in [-0.25, -0.2) is 4.79 Å². The summed E-state index contributed by atoms with van der Waals surface area (Å²) >= 11 is 0. The van der Waals surface area contributed by atoms with Gasteiger partial charge in [0.15, 0.2) is 0 Å². The monoisotopic (exact) mass is 337 g/mol. The number of esters is 1. The van der Waals surface area contributed by atoms with E-state index in [4.69, 9.17) is 9.15 Å². The van der Waals surface area contributed by atoms with Crippen LogP contribution < -0.4 is 4.90 Å². The molecule has 128 valence electrons. The summed E-state index contributed by atoms with van der Waals surface area (Å²) in [5, 5.41) is 0. The van der Waals surface area contributed by atoms with E-state index in [9.17, 15) is 9.59 Å². The van der Waals surface area contributed by atoms with E-state index in [1.165, 1.54) is 23.8 Å². The average molecular weight is 337 g/mol. The molecule has 1 aromatic carbocycles. The molecule has 3 rings (SSSR count). The van der Waals surface area contributed by atoms with Crippen molar-refractivity contribution in [3.63, 3.8) is 0 Å². The molecule has 0 bridgehead atoms. The van der Waals surface area contributed by atoms with Gasteiger partial charge in [0.05, 0.1) is 24.5 Å². The number of hydrogen-bond acceptors (Lipinski definition) is 4. The highest BCUT2D eigenvalue weighted by atomic mass is 16.5. The van der Waals surface area contributed by atoms with Crippen molar-refractivity contribution in [1.82, 2.24) is 0 Å². The molecule has 0 radical (unpaired) electrons. The third kappa shape index (κ3) is 3.01. The van der Waals surface area contributed by atoms with Gasteiger partial charge in [0.1, 0.15) is 5.76 Å². The predicted octanol–water partition coefficient (Wildman–Crippen LogP) is 3.72. The van der Waals surface area contributed by atoms with Crippen LogP contribution in [0.25, 0.3) is 6.08 Å². The van der Waals surface area contributed by atoms with E-state index in [0.717, 1.165) is 6.42 Å². The van der Waals surface area contributed by atoms with Crippen molar-refractivity contribution in [2.24, 2.45) is 0 Å². The van der Waals surface area contributed by atoms with E-state index >= 15 is 0 Å². The number of benzene rings is 1. The van der Waals surface area contributed by atoms with E-state index in [1.54, 1.807) is 25.1 Å². The number of carbonyl (C=O) groups excluding carboxylic acids is 2. The highest BCUT2D eigenvalue weighted by Gasteiger charge is 2.38. The minimum absolute atomic E-state index is 0.253. The number of aryl methyl sites for hydroxylation is 1. The summed E-state index contributed by atoms with van der Waals surface area (Å²) < 4.78 is 10.2. The first-order valence-electron chi connectivity index (χ1n) is 8.05. The van der Waals surface area contributed by atoms with Crippen LogP contribution in [0, 0.1) is 0 Å². The second-order valence-corrected chi connectivity index (χ2v) is 5.69. The number of hydrogen-bond donors (Lipinski definition) is 0. The fourth-order valence-electron chi connectivity index (χ4n) is 2.89. The summed E-state index contributed by atoms with van der Waals surface area (Å²) in [6, 6.07) is 11.2. The van der Waals surface area contributed by atoms with Crippen molar-refractivity contribution >= 4 is 23.6 Å². The number of furan rings is 1. The lowest BCUT2D eigenvalue weighted by Crippen LogP contribution is -2.24. The first kappa shape index (κ1) is 16.8. The van der Waals surface area contributed by atoms with Crippen LogP contribution in [0.15, 0.2) is 63.9 Å². The van der Waals surface area contributed by atoms with E-state index in [2.05, 4.69) is 6.92 Å². The van der Waals surface area contributed by atoms with Crippen molar-refractivity contribution in [1.29, 1.82) is 0 Å². The fourth-order valence-corrected chi connectivity index (χ4v) is 2.89. The Morgan fingerprint density at radius 2 is 1.96 bits per heavy atom. The van der Waals surface area contributed by atoms with Gasteiger partial charge in [-0.1, -0.05) is 19.1 Å². The molecule has 25 heavy (non-hydrogen) atoms. The Morgan fingerprint density at radius 1 is 1.24 bits per heavy atom. The Labute approximate surface area is 146 Å². The fraction of sp³-hybridized carbons (Fsp3) is 0.200. The van der Waals surface area contributed by atoms with Gasteiger partial charge in [0.2, 0.25) is 0 Å². The number of rotatable bonds is 4. The molecule has 5 heteroatoms. The molecule has 0 N–H and O–H groups in total. The Kier molecular flexibility index (Phi) is 4.57. The first-order valence-corrected chi connectivity index (χ1v) is 8.05. The Balaban J connectivity index is 2.09. The lowest BCUT2D eigenvalue weighted by molar-refractivity contribution is -0.136. The van der Waals surface area contributed by atoms with E-state index in [-0.39, 0.29) is 17.1 Å². The zero-order valence-corrected chi connectivity index (χ0v) is 14.4. The number of methoxy groups -OCH3 is 1. The zero-order valence-electron chi connectivity index (χ0n) is 14.4. The minimum Gasteiger partial charge on any atom is -0.465 e. The standard InChI is InChI=1S/C20H19NO4/c1-4-14-7-9-15(10-8-14)21-13(2)18(20(23)24-3)17(19(21)22)12-16-6-5-11-25-16/h5-12H,4H2,1-3H3. The Morgan fingerprint density at radius 3 is 2.52 bits per heavy atom. The van der Waals surface area contributed by atoms with Crippen LogP contribution in [0.5, 0.6) is 0 Å². The molecule has 0 fully saturated rings. The summed E-state index contributed by atoms with van der Waals surface area (Å²) in [6.07, 6.45) is 4.00. The lowest BCUT2D eigenvalue weighted by atomic mass is 10.1. The van der Waals surface area contributed by atoms with Crippen LogP contribution >= 0.6 is 0 Å². The largest absolute Gasteiger partial charge is 0.465 e. The molecular formula is C20H19NO4. The molecule has 0 saturated carbocycles. The van der Waals surface area contributed by atoms with Crippen molar-refractivity contribution in [2.75, 3.05) is 12.0 Å². The normalized spacial score (nSPS) is 16.0. The molecule has 2 heterocycles. The van der Waals surface area contributed by atoms with Gasteiger partial charge in [-0.3, -0.25) is 9.69 Å². The predicted molar refractivity (Wildman–Crippen MR) is 94.7 cm³/mol. The maximum atomic E-state index is 13.0. The SMILES string of the molecule is CCc1ccc(N2C(=O)C(=Cc3ccco3)C(C(=O)OC)=C2C)cc1. The number of carbonyl (C=O) groups is 2. The van der Waals surface area contributed by atoms with Gasteiger partial charge in [-0.05, 0) is 49.2 Å². The molecule has 2 aromatic rings. The Hall–Kier alpha value is -3.08. The second-order valence-electron chi connectivity index (χ2n) is 5.69. The molecule has 0 aliphatic carbocycles. The van der Waals surface area contributed by atoms with Crippen LogP contribution in [0.2, 0.25) is 0 Å². The maximum Gasteiger partial charge on any atom is 0.340 e. The van der Waals surface area contributed by atoms with Gasteiger partial charge >= 0.3 is 5.97 Å². The quantitative estimate of drug-likeness (QED) is 0.630. The zero-order chi connectivity index (χ0) is 18.0. The van der Waals surface area contributed by atoms with Crippen molar-refractivity contribution in [3.8, 4) is 0 Å². The topological polar surface area (TPSA) is 59.8 Å². The lowest BCUT2D eigenvalue weighted by Gasteiger charge is -2.18. The van der Waals surface area contributed by atoms with Crippen molar-refractivity contribution < 1.29 is 18.7 Å². The molecule has 5 nitrogen and oxygen atoms in total. The summed E-state index contributed by atoms with van der Waals surface area (Å²) in [5.41, 5.74) is 2.95. The number of amides is 1. The summed E-state index contributed by atoms with van der Waals surface area (Å²) in [7, 11) is 1.30. The smallest absolute Gasteiger partial charge is 0.340 e. The number of anilines is 1. The highest BCUT2D eigenvalue weighted by molar-refractivity contribution is 6.23. The molecule has 0 atom stereocenters. The molecule has 1 aliphatic heterocycles. The third-order valence-electron chi connectivity index (χ3n) is 4.22. The second kappa shape index (κ2) is 6.81. The Bertz CT molecular complexity index is 858. The van der Waals surface area contributed by atoms with Crippen molar-refractivity contribution in [2.45, 2.75) is 20.3 Å². The van der Waals surface area contributed by atoms with E-state index < -0.39 is 5.97 Å². The van der Waals surface area contributed by atoms with E-state index in [1.807, 2.05) is 24.3 Å². The van der Waals surface area contributed by atoms with Crippen LogP contribution in [-0.4, -0.2) is 19.0 Å². The maximum absolute atomic E-state index is 13.0. The number of allylic oxidation sites excluding steroid dienone is 1. The minimum atomic E-state index is -0.545. The molecular weight excluding hydrogens is 318 g/mol. The molecule has 1 aliphatic rings. The van der Waals surface area contributed by atoms with Gasteiger partial charge in [-0.2, -0.15) is 0 Å².